The average Bonchev–Trinajstić information content (AvgIpc) is 2.68. The quantitative estimate of drug-likeness (QED) is 0.683. The molecule has 1 aliphatic rings. The number of carbonyl (C=O) groups is 1. The van der Waals surface area contributed by atoms with Crippen LogP contribution in [0.1, 0.15) is 25.5 Å². The lowest BCUT2D eigenvalue weighted by atomic mass is 10.1. The minimum absolute atomic E-state index is 0.0768. The van der Waals surface area contributed by atoms with Crippen LogP contribution in [0.3, 0.4) is 0 Å². The van der Waals surface area contributed by atoms with Crippen LogP contribution in [-0.4, -0.2) is 43.7 Å². The third-order valence-corrected chi connectivity index (χ3v) is 7.86. The Hall–Kier alpha value is -1.77. The molecule has 0 aromatic heterocycles. The topological polar surface area (TPSA) is 63.7 Å². The van der Waals surface area contributed by atoms with E-state index in [1.54, 1.807) is 30.3 Å². The highest BCUT2D eigenvalue weighted by Crippen LogP contribution is 2.31. The summed E-state index contributed by atoms with van der Waals surface area (Å²) in [7, 11) is -3.92. The van der Waals surface area contributed by atoms with Crippen molar-refractivity contribution < 1.29 is 22.3 Å². The van der Waals surface area contributed by atoms with Gasteiger partial charge >= 0.3 is 0 Å². The number of halogens is 2. The third kappa shape index (κ3) is 3.86. The highest BCUT2D eigenvalue weighted by Gasteiger charge is 2.46. The van der Waals surface area contributed by atoms with Gasteiger partial charge < -0.3 is 9.64 Å². The highest BCUT2D eigenvalue weighted by atomic mass is 79.9. The highest BCUT2D eigenvalue weighted by molar-refractivity contribution is 9.10. The molecule has 0 spiro atoms. The van der Waals surface area contributed by atoms with Gasteiger partial charge in [-0.05, 0) is 44.2 Å². The normalized spacial score (nSPS) is 18.1. The zero-order chi connectivity index (χ0) is 20.5. The molecule has 0 N–H and O–H groups in total. The van der Waals surface area contributed by atoms with E-state index in [9.17, 15) is 17.6 Å². The number of hydrogen-bond acceptors (Lipinski definition) is 4. The largest absolute Gasteiger partial charge is 0.370 e. The van der Waals surface area contributed by atoms with Gasteiger partial charge in [-0.3, -0.25) is 4.79 Å². The van der Waals surface area contributed by atoms with Gasteiger partial charge in [-0.15, -0.1) is 0 Å². The van der Waals surface area contributed by atoms with Crippen molar-refractivity contribution >= 4 is 31.7 Å². The molecule has 150 valence electrons. The number of amides is 1. The van der Waals surface area contributed by atoms with Crippen molar-refractivity contribution in [2.24, 2.45) is 0 Å². The van der Waals surface area contributed by atoms with Gasteiger partial charge in [0.2, 0.25) is 5.91 Å². The first-order valence-electron chi connectivity index (χ1n) is 8.80. The van der Waals surface area contributed by atoms with E-state index in [1.807, 2.05) is 0 Å². The fourth-order valence-corrected chi connectivity index (χ4v) is 4.87. The van der Waals surface area contributed by atoms with Crippen LogP contribution in [-0.2, 0) is 19.4 Å². The van der Waals surface area contributed by atoms with Crippen LogP contribution >= 0.6 is 15.9 Å². The molecule has 8 heteroatoms. The molecule has 5 nitrogen and oxygen atoms in total. The van der Waals surface area contributed by atoms with Gasteiger partial charge in [0, 0.05) is 16.6 Å². The second-order valence-corrected chi connectivity index (χ2v) is 10.5. The van der Waals surface area contributed by atoms with Crippen molar-refractivity contribution in [2.75, 3.05) is 19.7 Å². The minimum atomic E-state index is -3.92. The Morgan fingerprint density at radius 1 is 1.18 bits per heavy atom. The van der Waals surface area contributed by atoms with Gasteiger partial charge in [-0.1, -0.05) is 34.1 Å². The second kappa shape index (κ2) is 7.93. The molecule has 0 aliphatic carbocycles. The number of nitrogens with zero attached hydrogens (tertiary/aromatic N) is 1. The maximum atomic E-state index is 14.1. The molecule has 1 aliphatic heterocycles. The van der Waals surface area contributed by atoms with Crippen LogP contribution in [0.5, 0.6) is 0 Å². The first-order valence-corrected chi connectivity index (χ1v) is 11.1. The molecule has 0 radical (unpaired) electrons. The molecule has 1 unspecified atom stereocenters. The first kappa shape index (κ1) is 21.0. The summed E-state index contributed by atoms with van der Waals surface area (Å²) in [6.45, 7) is 3.36. The van der Waals surface area contributed by atoms with Crippen molar-refractivity contribution in [3.05, 3.63) is 64.4 Å². The Morgan fingerprint density at radius 2 is 1.82 bits per heavy atom. The number of sulfone groups is 1. The Balaban J connectivity index is 1.85. The Labute approximate surface area is 172 Å². The molecule has 2 aromatic carbocycles. The molecule has 1 saturated heterocycles. The SMILES string of the molecule is CC(C)(C(=O)N1CCOC(c2ccccc2F)C1)S(=O)(=O)c1ccc(Br)cc1. The Kier molecular flexibility index (Phi) is 5.93. The summed E-state index contributed by atoms with van der Waals surface area (Å²) in [5.74, 6) is -0.941. The van der Waals surface area contributed by atoms with E-state index >= 15 is 0 Å². The minimum Gasteiger partial charge on any atom is -0.370 e. The number of benzene rings is 2. The molecule has 1 fully saturated rings. The molecule has 0 bridgehead atoms. The van der Waals surface area contributed by atoms with Gasteiger partial charge in [-0.25, -0.2) is 12.8 Å². The fraction of sp³-hybridized carbons (Fsp3) is 0.350. The lowest BCUT2D eigenvalue weighted by molar-refractivity contribution is -0.141. The molecular formula is C20H21BrFNO4S. The maximum Gasteiger partial charge on any atom is 0.244 e. The van der Waals surface area contributed by atoms with Crippen LogP contribution in [0, 0.1) is 5.82 Å². The predicted octanol–water partition coefficient (Wildman–Crippen LogP) is 3.74. The summed E-state index contributed by atoms with van der Waals surface area (Å²) < 4.78 is 45.0. The van der Waals surface area contributed by atoms with Gasteiger partial charge in [0.05, 0.1) is 18.0 Å². The predicted molar refractivity (Wildman–Crippen MR) is 107 cm³/mol. The zero-order valence-electron chi connectivity index (χ0n) is 15.6. The van der Waals surface area contributed by atoms with E-state index in [1.165, 1.54) is 36.9 Å². The molecule has 3 rings (SSSR count). The molecule has 0 saturated carbocycles. The van der Waals surface area contributed by atoms with Gasteiger partial charge in [0.1, 0.15) is 16.7 Å². The summed E-state index contributed by atoms with van der Waals surface area (Å²) in [4.78, 5) is 14.7. The molecule has 1 atom stereocenters. The van der Waals surface area contributed by atoms with Crippen molar-refractivity contribution in [1.29, 1.82) is 0 Å². The van der Waals surface area contributed by atoms with Crippen molar-refractivity contribution in [3.63, 3.8) is 0 Å². The number of carbonyl (C=O) groups excluding carboxylic acids is 1. The van der Waals surface area contributed by atoms with Crippen LogP contribution in [0.4, 0.5) is 4.39 Å². The molecule has 2 aromatic rings. The Morgan fingerprint density at radius 3 is 2.46 bits per heavy atom. The van der Waals surface area contributed by atoms with E-state index in [-0.39, 0.29) is 24.6 Å². The van der Waals surface area contributed by atoms with Gasteiger partial charge in [0.25, 0.3) is 0 Å². The summed E-state index contributed by atoms with van der Waals surface area (Å²) in [6.07, 6.45) is -0.634. The Bertz CT molecular complexity index is 976. The van der Waals surface area contributed by atoms with Gasteiger partial charge in [-0.2, -0.15) is 0 Å². The molecule has 1 amide bonds. The van der Waals surface area contributed by atoms with Crippen LogP contribution in [0.2, 0.25) is 0 Å². The summed E-state index contributed by atoms with van der Waals surface area (Å²) in [5, 5.41) is 0. The molecular weight excluding hydrogens is 449 g/mol. The monoisotopic (exact) mass is 469 g/mol. The summed E-state index contributed by atoms with van der Waals surface area (Å²) in [6, 6.07) is 12.4. The van der Waals surface area contributed by atoms with Crippen LogP contribution < -0.4 is 0 Å². The van der Waals surface area contributed by atoms with E-state index in [0.29, 0.717) is 5.56 Å². The van der Waals surface area contributed by atoms with Crippen molar-refractivity contribution in [3.8, 4) is 0 Å². The summed E-state index contributed by atoms with van der Waals surface area (Å²) >= 11 is 3.27. The van der Waals surface area contributed by atoms with E-state index in [0.717, 1.165) is 4.47 Å². The molecule has 28 heavy (non-hydrogen) atoms. The number of rotatable bonds is 4. The van der Waals surface area contributed by atoms with Crippen molar-refractivity contribution in [2.45, 2.75) is 29.6 Å². The van der Waals surface area contributed by atoms with Crippen LogP contribution in [0.25, 0.3) is 0 Å². The van der Waals surface area contributed by atoms with Gasteiger partial charge in [0.15, 0.2) is 9.84 Å². The third-order valence-electron chi connectivity index (χ3n) is 4.92. The molecule has 1 heterocycles. The van der Waals surface area contributed by atoms with E-state index < -0.39 is 32.4 Å². The smallest absolute Gasteiger partial charge is 0.244 e. The van der Waals surface area contributed by atoms with E-state index in [4.69, 9.17) is 4.74 Å². The standard InChI is InChI=1S/C20H21BrFNO4S/c1-20(2,28(25,26)15-9-7-14(21)8-10-15)19(24)23-11-12-27-18(13-23)16-5-3-4-6-17(16)22/h3-10,18H,11-13H2,1-2H3. The zero-order valence-corrected chi connectivity index (χ0v) is 18.0. The first-order chi connectivity index (χ1) is 13.1. The van der Waals surface area contributed by atoms with Crippen LogP contribution in [0.15, 0.2) is 57.9 Å². The fourth-order valence-electron chi connectivity index (χ4n) is 3.16. The lowest BCUT2D eigenvalue weighted by Crippen LogP contribution is -2.53. The number of morpholine rings is 1. The summed E-state index contributed by atoms with van der Waals surface area (Å²) in [5.41, 5.74) is 0.355. The van der Waals surface area contributed by atoms with E-state index in [2.05, 4.69) is 15.9 Å². The van der Waals surface area contributed by atoms with Crippen molar-refractivity contribution in [1.82, 2.24) is 4.90 Å². The number of ether oxygens (including phenoxy) is 1. The number of hydrogen-bond donors (Lipinski definition) is 0. The maximum absolute atomic E-state index is 14.1. The average molecular weight is 470 g/mol. The second-order valence-electron chi connectivity index (χ2n) is 7.10. The lowest BCUT2D eigenvalue weighted by Gasteiger charge is -2.37.